The monoisotopic (exact) mass is 261 g/mol. The lowest BCUT2D eigenvalue weighted by atomic mass is 9.94. The first-order valence-electron chi connectivity index (χ1n) is 6.52. The molecule has 0 radical (unpaired) electrons. The zero-order chi connectivity index (χ0) is 14.2. The molecule has 0 saturated carbocycles. The second kappa shape index (κ2) is 4.99. The highest BCUT2D eigenvalue weighted by molar-refractivity contribution is 5.84. The first-order chi connectivity index (χ1) is 8.97. The van der Waals surface area contributed by atoms with Crippen LogP contribution in [0.3, 0.4) is 0 Å². The van der Waals surface area contributed by atoms with Crippen LogP contribution in [0.4, 0.5) is 0 Å². The fourth-order valence-electron chi connectivity index (χ4n) is 2.53. The number of hydrogen-bond donors (Lipinski definition) is 1. The molecule has 0 bridgehead atoms. The van der Waals surface area contributed by atoms with E-state index < -0.39 is 11.9 Å². The van der Waals surface area contributed by atoms with Gasteiger partial charge < -0.3 is 5.11 Å². The van der Waals surface area contributed by atoms with Crippen LogP contribution in [0.2, 0.25) is 0 Å². The Labute approximate surface area is 112 Å². The highest BCUT2D eigenvalue weighted by Crippen LogP contribution is 2.28. The number of pyridine rings is 1. The van der Waals surface area contributed by atoms with Gasteiger partial charge in [-0.25, -0.2) is 9.67 Å². The SMILES string of the molecule is CCCn1ncc2c(C)c(C(C)C(=O)O)c(C)nc21. The number of hydrogen-bond acceptors (Lipinski definition) is 3. The maximum absolute atomic E-state index is 11.2. The van der Waals surface area contributed by atoms with E-state index >= 15 is 0 Å². The Morgan fingerprint density at radius 2 is 2.16 bits per heavy atom. The van der Waals surface area contributed by atoms with Crippen LogP contribution < -0.4 is 0 Å². The van der Waals surface area contributed by atoms with E-state index in [2.05, 4.69) is 17.0 Å². The van der Waals surface area contributed by atoms with Crippen molar-refractivity contribution < 1.29 is 9.90 Å². The maximum Gasteiger partial charge on any atom is 0.310 e. The van der Waals surface area contributed by atoms with Crippen LogP contribution in [0, 0.1) is 13.8 Å². The Morgan fingerprint density at radius 3 is 2.74 bits per heavy atom. The Kier molecular flexibility index (Phi) is 3.55. The summed E-state index contributed by atoms with van der Waals surface area (Å²) in [4.78, 5) is 15.8. The lowest BCUT2D eigenvalue weighted by Gasteiger charge is -2.14. The third-order valence-electron chi connectivity index (χ3n) is 3.52. The summed E-state index contributed by atoms with van der Waals surface area (Å²) >= 11 is 0. The molecule has 5 heteroatoms. The number of carbonyl (C=O) groups is 1. The first kappa shape index (κ1) is 13.5. The largest absolute Gasteiger partial charge is 0.481 e. The highest BCUT2D eigenvalue weighted by atomic mass is 16.4. The Morgan fingerprint density at radius 1 is 1.47 bits per heavy atom. The van der Waals surface area contributed by atoms with Gasteiger partial charge in [0.25, 0.3) is 0 Å². The van der Waals surface area contributed by atoms with Gasteiger partial charge in [-0.15, -0.1) is 0 Å². The molecule has 2 heterocycles. The number of aliphatic carboxylic acids is 1. The molecule has 5 nitrogen and oxygen atoms in total. The Hall–Kier alpha value is -1.91. The van der Waals surface area contributed by atoms with Crippen molar-refractivity contribution >= 4 is 17.0 Å². The molecule has 0 aliphatic rings. The molecule has 0 fully saturated rings. The predicted octanol–water partition coefficient (Wildman–Crippen LogP) is 2.65. The van der Waals surface area contributed by atoms with Crippen molar-refractivity contribution in [1.29, 1.82) is 0 Å². The summed E-state index contributed by atoms with van der Waals surface area (Å²) in [6.45, 7) is 8.42. The lowest BCUT2D eigenvalue weighted by Crippen LogP contribution is -2.12. The molecule has 0 aliphatic carbocycles. The quantitative estimate of drug-likeness (QED) is 0.918. The van der Waals surface area contributed by atoms with Gasteiger partial charge in [0.2, 0.25) is 0 Å². The van der Waals surface area contributed by atoms with E-state index in [4.69, 9.17) is 0 Å². The van der Waals surface area contributed by atoms with Crippen molar-refractivity contribution in [2.45, 2.75) is 46.6 Å². The van der Waals surface area contributed by atoms with Crippen molar-refractivity contribution in [1.82, 2.24) is 14.8 Å². The van der Waals surface area contributed by atoms with Crippen LogP contribution in [0.5, 0.6) is 0 Å². The third-order valence-corrected chi connectivity index (χ3v) is 3.52. The second-order valence-electron chi connectivity index (χ2n) is 4.90. The minimum absolute atomic E-state index is 0.550. The van der Waals surface area contributed by atoms with Gasteiger partial charge in [0.1, 0.15) is 0 Å². The zero-order valence-electron chi connectivity index (χ0n) is 11.8. The second-order valence-corrected chi connectivity index (χ2v) is 4.90. The summed E-state index contributed by atoms with van der Waals surface area (Å²) in [5.41, 5.74) is 3.40. The van der Waals surface area contributed by atoms with Crippen LogP contribution in [-0.2, 0) is 11.3 Å². The molecule has 2 aromatic heterocycles. The summed E-state index contributed by atoms with van der Waals surface area (Å²) in [6, 6.07) is 0. The van der Waals surface area contributed by atoms with E-state index in [1.54, 1.807) is 13.1 Å². The third kappa shape index (κ3) is 2.20. The fraction of sp³-hybridized carbons (Fsp3) is 0.500. The first-order valence-corrected chi connectivity index (χ1v) is 6.52. The van der Waals surface area contributed by atoms with Crippen molar-refractivity contribution in [3.8, 4) is 0 Å². The molecule has 102 valence electrons. The van der Waals surface area contributed by atoms with Gasteiger partial charge in [-0.1, -0.05) is 6.92 Å². The molecule has 19 heavy (non-hydrogen) atoms. The van der Waals surface area contributed by atoms with E-state index in [9.17, 15) is 9.90 Å². The minimum atomic E-state index is -0.826. The zero-order valence-corrected chi connectivity index (χ0v) is 11.8. The number of nitrogens with zero attached hydrogens (tertiary/aromatic N) is 3. The molecule has 0 aliphatic heterocycles. The van der Waals surface area contributed by atoms with E-state index in [-0.39, 0.29) is 0 Å². The average Bonchev–Trinajstić information content (AvgIpc) is 2.73. The van der Waals surface area contributed by atoms with Crippen LogP contribution in [-0.4, -0.2) is 25.8 Å². The summed E-state index contributed by atoms with van der Waals surface area (Å²) < 4.78 is 1.88. The molecule has 0 aromatic carbocycles. The summed E-state index contributed by atoms with van der Waals surface area (Å²) in [7, 11) is 0. The maximum atomic E-state index is 11.2. The molecular formula is C14H19N3O2. The van der Waals surface area contributed by atoms with Crippen LogP contribution in [0.1, 0.15) is 43.0 Å². The van der Waals surface area contributed by atoms with E-state index in [1.165, 1.54) is 0 Å². The minimum Gasteiger partial charge on any atom is -0.481 e. The van der Waals surface area contributed by atoms with Gasteiger partial charge in [-0.2, -0.15) is 5.10 Å². The van der Waals surface area contributed by atoms with Crippen LogP contribution in [0.25, 0.3) is 11.0 Å². The number of rotatable bonds is 4. The standard InChI is InChI=1S/C14H19N3O2/c1-5-6-17-13-11(7-15-17)8(2)12(10(4)16-13)9(3)14(18)19/h7,9H,5-6H2,1-4H3,(H,18,19). The Bertz CT molecular complexity index is 631. The van der Waals surface area contributed by atoms with Gasteiger partial charge in [0.15, 0.2) is 5.65 Å². The smallest absolute Gasteiger partial charge is 0.310 e. The predicted molar refractivity (Wildman–Crippen MR) is 73.3 cm³/mol. The van der Waals surface area contributed by atoms with Crippen molar-refractivity contribution in [3.05, 3.63) is 23.0 Å². The number of carboxylic acids is 1. The molecule has 0 spiro atoms. The molecule has 1 atom stereocenters. The van der Waals surface area contributed by atoms with Crippen molar-refractivity contribution in [2.75, 3.05) is 0 Å². The van der Waals surface area contributed by atoms with Crippen molar-refractivity contribution in [3.63, 3.8) is 0 Å². The van der Waals surface area contributed by atoms with Gasteiger partial charge in [-0.05, 0) is 38.3 Å². The number of fused-ring (bicyclic) bond motifs is 1. The normalized spacial score (nSPS) is 12.8. The molecule has 2 rings (SSSR count). The fourth-order valence-corrected chi connectivity index (χ4v) is 2.53. The van der Waals surface area contributed by atoms with Crippen LogP contribution in [0.15, 0.2) is 6.20 Å². The van der Waals surface area contributed by atoms with Gasteiger partial charge in [-0.3, -0.25) is 4.79 Å². The summed E-state index contributed by atoms with van der Waals surface area (Å²) in [5.74, 6) is -1.38. The van der Waals surface area contributed by atoms with E-state index in [0.29, 0.717) is 0 Å². The number of aryl methyl sites for hydroxylation is 3. The van der Waals surface area contributed by atoms with Gasteiger partial charge >= 0.3 is 5.97 Å². The molecule has 2 aromatic rings. The van der Waals surface area contributed by atoms with E-state index in [1.807, 2.05) is 18.5 Å². The van der Waals surface area contributed by atoms with Crippen LogP contribution >= 0.6 is 0 Å². The summed E-state index contributed by atoms with van der Waals surface area (Å²) in [5, 5.41) is 14.5. The van der Waals surface area contributed by atoms with Gasteiger partial charge in [0, 0.05) is 17.6 Å². The molecular weight excluding hydrogens is 242 g/mol. The topological polar surface area (TPSA) is 68.0 Å². The highest BCUT2D eigenvalue weighted by Gasteiger charge is 2.22. The van der Waals surface area contributed by atoms with Crippen molar-refractivity contribution in [2.24, 2.45) is 0 Å². The summed E-state index contributed by atoms with van der Waals surface area (Å²) in [6.07, 6.45) is 2.77. The molecule has 0 amide bonds. The molecule has 0 saturated heterocycles. The Balaban J connectivity index is 2.67. The lowest BCUT2D eigenvalue weighted by molar-refractivity contribution is -0.138. The number of carboxylic acid groups (broad SMARTS) is 1. The number of aromatic nitrogens is 3. The average molecular weight is 261 g/mol. The molecule has 1 N–H and O–H groups in total. The molecule has 1 unspecified atom stereocenters. The van der Waals surface area contributed by atoms with Gasteiger partial charge in [0.05, 0.1) is 12.1 Å². The van der Waals surface area contributed by atoms with E-state index in [0.717, 1.165) is 40.8 Å².